The van der Waals surface area contributed by atoms with Gasteiger partial charge in [-0.15, -0.1) is 0 Å². The van der Waals surface area contributed by atoms with Crippen LogP contribution in [0.4, 0.5) is 5.69 Å². The predicted octanol–water partition coefficient (Wildman–Crippen LogP) is 5.34. The molecule has 4 nitrogen and oxygen atoms in total. The fraction of sp³-hybridized carbons (Fsp3) is 0.231. The van der Waals surface area contributed by atoms with Crippen molar-refractivity contribution >= 4 is 17.6 Å². The maximum absolute atomic E-state index is 12.8. The molecule has 0 radical (unpaired) electrons. The molecule has 0 aliphatic carbocycles. The van der Waals surface area contributed by atoms with Crippen LogP contribution in [-0.2, 0) is 20.7 Å². The zero-order valence-corrected chi connectivity index (χ0v) is 17.2. The van der Waals surface area contributed by atoms with Crippen LogP contribution in [-0.4, -0.2) is 18.5 Å². The maximum Gasteiger partial charge on any atom is 0.318 e. The maximum atomic E-state index is 12.8. The summed E-state index contributed by atoms with van der Waals surface area (Å²) in [6.45, 7) is 1.84. The molecule has 1 N–H and O–H groups in total. The van der Waals surface area contributed by atoms with Crippen molar-refractivity contribution in [3.8, 4) is 0 Å². The Morgan fingerprint density at radius 1 is 0.833 bits per heavy atom. The molecule has 3 aromatic carbocycles. The zero-order valence-electron chi connectivity index (χ0n) is 17.2. The van der Waals surface area contributed by atoms with Gasteiger partial charge in [0, 0.05) is 5.69 Å². The highest BCUT2D eigenvalue weighted by atomic mass is 16.5. The topological polar surface area (TPSA) is 55.4 Å². The summed E-state index contributed by atoms with van der Waals surface area (Å²) in [5, 5.41) is 2.78. The minimum Gasteiger partial charge on any atom is -0.455 e. The summed E-state index contributed by atoms with van der Waals surface area (Å²) in [6, 6.07) is 26.7. The van der Waals surface area contributed by atoms with Crippen LogP contribution in [0.5, 0.6) is 0 Å². The predicted molar refractivity (Wildman–Crippen MR) is 119 cm³/mol. The van der Waals surface area contributed by atoms with E-state index in [1.807, 2.05) is 84.9 Å². The number of ether oxygens (including phenoxy) is 1. The fourth-order valence-corrected chi connectivity index (χ4v) is 3.31. The number of nitrogens with one attached hydrogen (secondary N) is 1. The summed E-state index contributed by atoms with van der Waals surface area (Å²) in [6.07, 6.45) is 3.32. The molecule has 30 heavy (non-hydrogen) atoms. The molecule has 3 rings (SSSR count). The number of hydrogen-bond acceptors (Lipinski definition) is 3. The average molecular weight is 402 g/mol. The number of carbonyl (C=O) groups excluding carboxylic acids is 2. The second kappa shape index (κ2) is 11.0. The summed E-state index contributed by atoms with van der Waals surface area (Å²) >= 11 is 0. The van der Waals surface area contributed by atoms with Gasteiger partial charge in [-0.25, -0.2) is 0 Å². The fourth-order valence-electron chi connectivity index (χ4n) is 3.31. The third-order valence-corrected chi connectivity index (χ3v) is 4.90. The number of amides is 1. The van der Waals surface area contributed by atoms with Crippen LogP contribution in [0.3, 0.4) is 0 Å². The van der Waals surface area contributed by atoms with Crippen molar-refractivity contribution < 1.29 is 14.3 Å². The minimum atomic E-state index is -0.571. The molecule has 4 heteroatoms. The van der Waals surface area contributed by atoms with Crippen LogP contribution in [0.1, 0.15) is 42.4 Å². The van der Waals surface area contributed by atoms with Gasteiger partial charge in [-0.1, -0.05) is 86.1 Å². The van der Waals surface area contributed by atoms with E-state index in [0.29, 0.717) is 5.69 Å². The Hall–Kier alpha value is -3.40. The van der Waals surface area contributed by atoms with Crippen molar-refractivity contribution in [1.82, 2.24) is 0 Å². The van der Waals surface area contributed by atoms with Gasteiger partial charge < -0.3 is 10.1 Å². The number of benzene rings is 3. The second-order valence-corrected chi connectivity index (χ2v) is 7.21. The van der Waals surface area contributed by atoms with E-state index < -0.39 is 11.9 Å². The van der Waals surface area contributed by atoms with Crippen LogP contribution in [0.25, 0.3) is 0 Å². The van der Waals surface area contributed by atoms with Crippen LogP contribution < -0.4 is 5.32 Å². The van der Waals surface area contributed by atoms with Gasteiger partial charge in [-0.2, -0.15) is 0 Å². The third-order valence-electron chi connectivity index (χ3n) is 4.90. The van der Waals surface area contributed by atoms with Gasteiger partial charge in [0.1, 0.15) is 5.92 Å². The van der Waals surface area contributed by atoms with E-state index in [1.165, 1.54) is 5.56 Å². The molecule has 0 fully saturated rings. The van der Waals surface area contributed by atoms with Crippen molar-refractivity contribution in [2.45, 2.75) is 32.1 Å². The zero-order chi connectivity index (χ0) is 21.2. The Labute approximate surface area is 177 Å². The first-order valence-corrected chi connectivity index (χ1v) is 10.3. The number of rotatable bonds is 9. The van der Waals surface area contributed by atoms with Crippen LogP contribution in [0.15, 0.2) is 84.9 Å². The molecule has 0 saturated carbocycles. The lowest BCUT2D eigenvalue weighted by Crippen LogP contribution is -2.24. The second-order valence-electron chi connectivity index (χ2n) is 7.21. The molecule has 0 saturated heterocycles. The van der Waals surface area contributed by atoms with Crippen molar-refractivity contribution in [2.24, 2.45) is 0 Å². The van der Waals surface area contributed by atoms with Gasteiger partial charge in [0.15, 0.2) is 6.61 Å². The highest BCUT2D eigenvalue weighted by Crippen LogP contribution is 2.26. The minimum absolute atomic E-state index is 0.327. The molecular weight excluding hydrogens is 374 g/mol. The first kappa shape index (κ1) is 21.3. The van der Waals surface area contributed by atoms with Gasteiger partial charge >= 0.3 is 5.97 Å². The molecule has 3 aromatic rings. The summed E-state index contributed by atoms with van der Waals surface area (Å²) in [5.74, 6) is -1.37. The average Bonchev–Trinajstić information content (AvgIpc) is 2.79. The van der Waals surface area contributed by atoms with E-state index in [1.54, 1.807) is 0 Å². The number of aryl methyl sites for hydroxylation is 1. The number of unbranched alkanes of at least 4 members (excludes halogenated alkanes) is 1. The van der Waals surface area contributed by atoms with Crippen LogP contribution in [0.2, 0.25) is 0 Å². The quantitative estimate of drug-likeness (QED) is 0.492. The highest BCUT2D eigenvalue weighted by Gasteiger charge is 2.24. The molecule has 0 aromatic heterocycles. The Kier molecular flexibility index (Phi) is 7.78. The molecule has 0 unspecified atom stereocenters. The molecule has 0 heterocycles. The van der Waals surface area contributed by atoms with Crippen LogP contribution in [0, 0.1) is 0 Å². The lowest BCUT2D eigenvalue weighted by molar-refractivity contribution is -0.147. The first-order chi connectivity index (χ1) is 14.7. The van der Waals surface area contributed by atoms with Crippen molar-refractivity contribution in [3.63, 3.8) is 0 Å². The third kappa shape index (κ3) is 6.05. The Morgan fingerprint density at radius 3 is 1.93 bits per heavy atom. The molecule has 0 atom stereocenters. The normalized spacial score (nSPS) is 10.6. The molecule has 0 spiro atoms. The van der Waals surface area contributed by atoms with E-state index in [0.717, 1.165) is 30.4 Å². The highest BCUT2D eigenvalue weighted by molar-refractivity contribution is 5.93. The summed E-state index contributed by atoms with van der Waals surface area (Å²) in [4.78, 5) is 25.1. The monoisotopic (exact) mass is 401 g/mol. The number of carbonyl (C=O) groups is 2. The lowest BCUT2D eigenvalue weighted by Gasteiger charge is -2.17. The van der Waals surface area contributed by atoms with Crippen molar-refractivity contribution in [1.29, 1.82) is 0 Å². The van der Waals surface area contributed by atoms with Gasteiger partial charge in [0.2, 0.25) is 0 Å². The lowest BCUT2D eigenvalue weighted by atomic mass is 9.91. The summed E-state index contributed by atoms with van der Waals surface area (Å²) in [5.41, 5.74) is 3.60. The van der Waals surface area contributed by atoms with Gasteiger partial charge in [0.05, 0.1) is 0 Å². The number of anilines is 1. The number of esters is 1. The standard InChI is InChI=1S/C26H27NO3/c1-2-3-10-20-15-17-23(18-16-20)27-24(28)19-30-26(29)25(21-11-6-4-7-12-21)22-13-8-5-9-14-22/h4-9,11-18,25H,2-3,10,19H2,1H3,(H,27,28). The van der Waals surface area contributed by atoms with Crippen molar-refractivity contribution in [2.75, 3.05) is 11.9 Å². The first-order valence-electron chi connectivity index (χ1n) is 10.3. The molecule has 0 bridgehead atoms. The summed E-state index contributed by atoms with van der Waals surface area (Å²) in [7, 11) is 0. The molecule has 154 valence electrons. The summed E-state index contributed by atoms with van der Waals surface area (Å²) < 4.78 is 5.37. The van der Waals surface area contributed by atoms with Gasteiger partial charge in [-0.3, -0.25) is 9.59 Å². The molecule has 1 amide bonds. The SMILES string of the molecule is CCCCc1ccc(NC(=O)COC(=O)C(c2ccccc2)c2ccccc2)cc1. The van der Waals surface area contributed by atoms with Crippen LogP contribution >= 0.6 is 0 Å². The number of hydrogen-bond donors (Lipinski definition) is 1. The Bertz CT molecular complexity index is 898. The van der Waals surface area contributed by atoms with E-state index in [9.17, 15) is 9.59 Å². The molecule has 0 aliphatic heterocycles. The molecular formula is C26H27NO3. The Balaban J connectivity index is 1.60. The van der Waals surface area contributed by atoms with E-state index in [2.05, 4.69) is 12.2 Å². The van der Waals surface area contributed by atoms with Gasteiger partial charge in [-0.05, 0) is 41.7 Å². The smallest absolute Gasteiger partial charge is 0.318 e. The van der Waals surface area contributed by atoms with E-state index in [4.69, 9.17) is 4.74 Å². The Morgan fingerprint density at radius 2 is 1.40 bits per heavy atom. The van der Waals surface area contributed by atoms with Gasteiger partial charge in [0.25, 0.3) is 5.91 Å². The van der Waals surface area contributed by atoms with Crippen molar-refractivity contribution in [3.05, 3.63) is 102 Å². The van der Waals surface area contributed by atoms with E-state index in [-0.39, 0.29) is 12.5 Å². The largest absolute Gasteiger partial charge is 0.455 e. The molecule has 0 aliphatic rings. The van der Waals surface area contributed by atoms with E-state index >= 15 is 0 Å².